The second-order valence-corrected chi connectivity index (χ2v) is 10.1. The first-order valence-electron chi connectivity index (χ1n) is 9.76. The Morgan fingerprint density at radius 3 is 2.70 bits per heavy atom. The topological polar surface area (TPSA) is 84.7 Å². The lowest BCUT2D eigenvalue weighted by molar-refractivity contribution is -0.140. The Morgan fingerprint density at radius 1 is 1.30 bits per heavy atom. The van der Waals surface area contributed by atoms with Gasteiger partial charge in [-0.1, -0.05) is 0 Å². The molecule has 1 unspecified atom stereocenters. The summed E-state index contributed by atoms with van der Waals surface area (Å²) in [5.41, 5.74) is 0.0304. The average Bonchev–Trinajstić information content (AvgIpc) is 3.31. The van der Waals surface area contributed by atoms with Gasteiger partial charge in [0.15, 0.2) is 5.03 Å². The summed E-state index contributed by atoms with van der Waals surface area (Å²) in [5, 5.41) is 0.111. The molecule has 1 spiro atoms. The molecule has 9 heteroatoms. The number of imidazole rings is 1. The fourth-order valence-electron chi connectivity index (χ4n) is 4.57. The van der Waals surface area contributed by atoms with Crippen molar-refractivity contribution in [3.8, 4) is 0 Å². The largest absolute Gasteiger partial charge is 0.376 e. The molecule has 0 N–H and O–H groups in total. The van der Waals surface area contributed by atoms with Gasteiger partial charge in [-0.3, -0.25) is 4.79 Å². The predicted molar refractivity (Wildman–Crippen MR) is 98.4 cm³/mol. The van der Waals surface area contributed by atoms with Gasteiger partial charge in [0.1, 0.15) is 0 Å². The highest BCUT2D eigenvalue weighted by Gasteiger charge is 2.44. The van der Waals surface area contributed by atoms with Crippen LogP contribution in [0, 0.1) is 5.41 Å². The molecule has 3 aliphatic rings. The Hall–Kier alpha value is -1.45. The minimum absolute atomic E-state index is 0.0304. The lowest BCUT2D eigenvalue weighted by atomic mass is 9.72. The molecule has 4 rings (SSSR count). The summed E-state index contributed by atoms with van der Waals surface area (Å²) in [5.74, 6) is 0.208. The van der Waals surface area contributed by atoms with Crippen molar-refractivity contribution < 1.29 is 17.9 Å². The van der Waals surface area contributed by atoms with E-state index >= 15 is 0 Å². The van der Waals surface area contributed by atoms with Crippen LogP contribution in [-0.2, 0) is 26.6 Å². The maximum Gasteiger partial charge on any atom is 0.262 e. The Kier molecular flexibility index (Phi) is 5.02. The Bertz CT molecular complexity index is 792. The molecule has 1 aromatic rings. The lowest BCUT2D eigenvalue weighted by Crippen LogP contribution is -2.53. The number of ether oxygens (including phenoxy) is 1. The predicted octanol–water partition coefficient (Wildman–Crippen LogP) is 0.992. The number of likely N-dealkylation sites (tertiary alicyclic amines) is 1. The van der Waals surface area contributed by atoms with Crippen LogP contribution in [0.3, 0.4) is 0 Å². The maximum atomic E-state index is 12.8. The normalized spacial score (nSPS) is 26.8. The maximum absolute atomic E-state index is 12.8. The van der Waals surface area contributed by atoms with Crippen molar-refractivity contribution >= 4 is 15.9 Å². The second kappa shape index (κ2) is 7.18. The average molecular weight is 397 g/mol. The van der Waals surface area contributed by atoms with Crippen LogP contribution in [0.5, 0.6) is 0 Å². The van der Waals surface area contributed by atoms with Crippen LogP contribution in [0.4, 0.5) is 0 Å². The zero-order chi connectivity index (χ0) is 19.1. The first-order valence-corrected chi connectivity index (χ1v) is 11.2. The summed E-state index contributed by atoms with van der Waals surface area (Å²) in [4.78, 5) is 18.3. The molecular weight excluding hydrogens is 368 g/mol. The number of nitrogens with zero attached hydrogens (tertiary/aromatic N) is 4. The van der Waals surface area contributed by atoms with Gasteiger partial charge in [-0.2, -0.15) is 4.31 Å². The Labute approximate surface area is 160 Å². The van der Waals surface area contributed by atoms with E-state index in [4.69, 9.17) is 4.74 Å². The van der Waals surface area contributed by atoms with E-state index in [1.54, 1.807) is 22.1 Å². The molecule has 3 fully saturated rings. The number of amides is 1. The Balaban J connectivity index is 1.40. The van der Waals surface area contributed by atoms with Crippen LogP contribution >= 0.6 is 0 Å². The fraction of sp³-hybridized carbons (Fsp3) is 0.778. The van der Waals surface area contributed by atoms with E-state index in [2.05, 4.69) is 4.98 Å². The van der Waals surface area contributed by atoms with Crippen molar-refractivity contribution in [2.45, 2.75) is 49.7 Å². The van der Waals surface area contributed by atoms with Crippen LogP contribution < -0.4 is 0 Å². The molecule has 0 aromatic carbocycles. The van der Waals surface area contributed by atoms with Gasteiger partial charge in [0.05, 0.1) is 12.4 Å². The number of piperidine rings is 2. The van der Waals surface area contributed by atoms with E-state index in [9.17, 15) is 13.2 Å². The monoisotopic (exact) mass is 396 g/mol. The number of carbonyl (C=O) groups excluding carboxylic acids is 1. The van der Waals surface area contributed by atoms with Crippen molar-refractivity contribution in [3.05, 3.63) is 12.5 Å². The fourth-order valence-corrected chi connectivity index (χ4v) is 5.97. The molecule has 150 valence electrons. The van der Waals surface area contributed by atoms with Gasteiger partial charge in [0.25, 0.3) is 10.0 Å². The van der Waals surface area contributed by atoms with Gasteiger partial charge in [0, 0.05) is 52.5 Å². The van der Waals surface area contributed by atoms with E-state index < -0.39 is 10.0 Å². The number of hydrogen-bond acceptors (Lipinski definition) is 5. The van der Waals surface area contributed by atoms with Gasteiger partial charge in [-0.15, -0.1) is 0 Å². The van der Waals surface area contributed by atoms with Gasteiger partial charge in [-0.05, 0) is 37.5 Å². The van der Waals surface area contributed by atoms with Gasteiger partial charge >= 0.3 is 0 Å². The molecule has 1 amide bonds. The SMILES string of the molecule is Cn1cnc(S(=O)(=O)N2CCC3(CCC(=O)N(CC4CCCO4)C3)CC2)c1. The highest BCUT2D eigenvalue weighted by Crippen LogP contribution is 2.41. The summed E-state index contributed by atoms with van der Waals surface area (Å²) in [6.45, 7) is 3.17. The molecule has 27 heavy (non-hydrogen) atoms. The lowest BCUT2D eigenvalue weighted by Gasteiger charge is -2.47. The highest BCUT2D eigenvalue weighted by molar-refractivity contribution is 7.89. The zero-order valence-corrected chi connectivity index (χ0v) is 16.7. The Morgan fingerprint density at radius 2 is 2.07 bits per heavy atom. The second-order valence-electron chi connectivity index (χ2n) is 8.19. The van der Waals surface area contributed by atoms with Gasteiger partial charge in [-0.25, -0.2) is 13.4 Å². The minimum Gasteiger partial charge on any atom is -0.376 e. The van der Waals surface area contributed by atoms with Crippen molar-refractivity contribution in [1.82, 2.24) is 18.8 Å². The molecule has 1 aromatic heterocycles. The zero-order valence-electron chi connectivity index (χ0n) is 15.8. The summed E-state index contributed by atoms with van der Waals surface area (Å²) >= 11 is 0. The highest BCUT2D eigenvalue weighted by atomic mass is 32.2. The van der Waals surface area contributed by atoms with Crippen molar-refractivity contribution in [1.29, 1.82) is 0 Å². The summed E-state index contributed by atoms with van der Waals surface area (Å²) in [6.07, 6.45) is 8.28. The minimum atomic E-state index is -3.54. The van der Waals surface area contributed by atoms with Crippen LogP contribution in [0.1, 0.15) is 38.5 Å². The molecule has 1 atom stereocenters. The molecule has 0 bridgehead atoms. The van der Waals surface area contributed by atoms with Crippen LogP contribution in [-0.4, -0.2) is 72.0 Å². The number of sulfonamides is 1. The molecule has 8 nitrogen and oxygen atoms in total. The third-order valence-corrected chi connectivity index (χ3v) is 8.05. The van der Waals surface area contributed by atoms with Gasteiger partial charge < -0.3 is 14.2 Å². The van der Waals surface area contributed by atoms with E-state index in [-0.39, 0.29) is 22.5 Å². The summed E-state index contributed by atoms with van der Waals surface area (Å²) in [7, 11) is -1.78. The van der Waals surface area contributed by atoms with E-state index in [0.29, 0.717) is 26.1 Å². The van der Waals surface area contributed by atoms with Crippen molar-refractivity contribution in [2.24, 2.45) is 12.5 Å². The quantitative estimate of drug-likeness (QED) is 0.758. The molecule has 3 saturated heterocycles. The van der Waals surface area contributed by atoms with Gasteiger partial charge in [0.2, 0.25) is 5.91 Å². The van der Waals surface area contributed by atoms with E-state index in [1.165, 1.54) is 6.33 Å². The summed E-state index contributed by atoms with van der Waals surface area (Å²) < 4.78 is 34.5. The first kappa shape index (κ1) is 18.9. The summed E-state index contributed by atoms with van der Waals surface area (Å²) in [6, 6.07) is 0. The van der Waals surface area contributed by atoms with Crippen LogP contribution in [0.2, 0.25) is 0 Å². The third-order valence-electron chi connectivity index (χ3n) is 6.26. The molecule has 0 aliphatic carbocycles. The molecule has 3 aliphatic heterocycles. The molecular formula is C18H28N4O4S. The molecule has 0 radical (unpaired) electrons. The van der Waals surface area contributed by atoms with E-state index in [1.807, 2.05) is 4.90 Å². The number of aromatic nitrogens is 2. The standard InChI is InChI=1S/C18H28N4O4S/c1-20-12-16(19-14-20)27(24,25)22-8-6-18(7-9-22)5-4-17(23)21(13-18)11-15-3-2-10-26-15/h12,14-15H,2-11,13H2,1H3. The van der Waals surface area contributed by atoms with Crippen molar-refractivity contribution in [3.63, 3.8) is 0 Å². The smallest absolute Gasteiger partial charge is 0.262 e. The third kappa shape index (κ3) is 3.77. The molecule has 4 heterocycles. The number of carbonyl (C=O) groups is 1. The van der Waals surface area contributed by atoms with Crippen LogP contribution in [0.15, 0.2) is 17.6 Å². The van der Waals surface area contributed by atoms with Crippen LogP contribution in [0.25, 0.3) is 0 Å². The van der Waals surface area contributed by atoms with Crippen molar-refractivity contribution in [2.75, 3.05) is 32.8 Å². The number of rotatable bonds is 4. The van der Waals surface area contributed by atoms with E-state index in [0.717, 1.165) is 45.3 Å². The number of aryl methyl sites for hydroxylation is 1. The molecule has 0 saturated carbocycles. The first-order chi connectivity index (χ1) is 12.9. The number of hydrogen-bond donors (Lipinski definition) is 0.